The summed E-state index contributed by atoms with van der Waals surface area (Å²) in [5.41, 5.74) is -1.55. The van der Waals surface area contributed by atoms with Crippen LogP contribution < -0.4 is 5.56 Å². The largest absolute Gasteiger partial charge is 0.478 e. The smallest absolute Gasteiger partial charge is 0.338 e. The third-order valence-corrected chi connectivity index (χ3v) is 4.10. The molecule has 0 saturated carbocycles. The van der Waals surface area contributed by atoms with Gasteiger partial charge in [-0.05, 0) is 25.1 Å². The van der Waals surface area contributed by atoms with Crippen LogP contribution in [0.15, 0.2) is 41.2 Å². The van der Waals surface area contributed by atoms with E-state index in [0.717, 1.165) is 22.8 Å². The number of aromatic nitrogens is 1. The van der Waals surface area contributed by atoms with Gasteiger partial charge in [0.1, 0.15) is 17.5 Å². The molecule has 3 rings (SSSR count). The van der Waals surface area contributed by atoms with Crippen molar-refractivity contribution in [2.75, 3.05) is 0 Å². The summed E-state index contributed by atoms with van der Waals surface area (Å²) >= 11 is 0. The molecular formula is C18H12F3NO3. The number of nitrogens with zero attached hydrogens (tertiary/aromatic N) is 1. The first-order chi connectivity index (χ1) is 11.8. The number of carboxylic acid groups (broad SMARTS) is 1. The zero-order valence-electron chi connectivity index (χ0n) is 13.0. The fourth-order valence-corrected chi connectivity index (χ4v) is 2.87. The Morgan fingerprint density at radius 3 is 2.20 bits per heavy atom. The third-order valence-electron chi connectivity index (χ3n) is 4.10. The highest BCUT2D eigenvalue weighted by Gasteiger charge is 2.22. The number of carboxylic acids is 1. The number of aromatic carboxylic acids is 1. The first-order valence-corrected chi connectivity index (χ1v) is 7.30. The lowest BCUT2D eigenvalue weighted by atomic mass is 10.0. The van der Waals surface area contributed by atoms with E-state index in [2.05, 4.69) is 0 Å². The normalized spacial score (nSPS) is 11.0. The van der Waals surface area contributed by atoms with E-state index in [1.54, 1.807) is 0 Å². The number of halogens is 3. The number of rotatable bonds is 3. The van der Waals surface area contributed by atoms with Crippen LogP contribution in [0.3, 0.4) is 0 Å². The lowest BCUT2D eigenvalue weighted by Gasteiger charge is -2.16. The summed E-state index contributed by atoms with van der Waals surface area (Å²) in [5, 5.41) is 8.98. The number of hydrogen-bond donors (Lipinski definition) is 1. The number of pyridine rings is 1. The van der Waals surface area contributed by atoms with Gasteiger partial charge in [-0.3, -0.25) is 4.79 Å². The molecule has 0 fully saturated rings. The molecule has 3 aromatic rings. The maximum Gasteiger partial charge on any atom is 0.338 e. The van der Waals surface area contributed by atoms with E-state index < -0.39 is 46.5 Å². The molecule has 25 heavy (non-hydrogen) atoms. The summed E-state index contributed by atoms with van der Waals surface area (Å²) in [7, 11) is 0. The zero-order chi connectivity index (χ0) is 18.3. The van der Waals surface area contributed by atoms with Crippen molar-refractivity contribution in [1.82, 2.24) is 4.57 Å². The molecule has 0 aliphatic rings. The van der Waals surface area contributed by atoms with Crippen molar-refractivity contribution in [2.24, 2.45) is 0 Å². The predicted octanol–water partition coefficient (Wildman–Crippen LogP) is 3.47. The minimum atomic E-state index is -1.36. The van der Waals surface area contributed by atoms with E-state index in [1.165, 1.54) is 25.1 Å². The minimum absolute atomic E-state index is 0.0155. The van der Waals surface area contributed by atoms with Crippen LogP contribution in [0.1, 0.15) is 21.6 Å². The van der Waals surface area contributed by atoms with E-state index >= 15 is 0 Å². The standard InChI is InChI=1S/C18H12F3NO3/c1-9-15(18(24)25)10-4-2-7-14(21)16(10)17(23)22(9)8-11-12(19)5-3-6-13(11)20/h2-7H,8H2,1H3,(H,24,25). The summed E-state index contributed by atoms with van der Waals surface area (Å²) < 4.78 is 42.8. The van der Waals surface area contributed by atoms with E-state index in [4.69, 9.17) is 0 Å². The molecule has 0 aliphatic heterocycles. The van der Waals surface area contributed by atoms with Gasteiger partial charge in [-0.1, -0.05) is 18.2 Å². The van der Waals surface area contributed by atoms with E-state index in [9.17, 15) is 27.9 Å². The van der Waals surface area contributed by atoms with Crippen LogP contribution in [0, 0.1) is 24.4 Å². The predicted molar refractivity (Wildman–Crippen MR) is 85.3 cm³/mol. The second-order valence-electron chi connectivity index (χ2n) is 5.52. The monoisotopic (exact) mass is 347 g/mol. The van der Waals surface area contributed by atoms with Crippen LogP contribution in [0.4, 0.5) is 13.2 Å². The average molecular weight is 347 g/mol. The highest BCUT2D eigenvalue weighted by molar-refractivity contribution is 6.04. The Balaban J connectivity index is 2.38. The maximum absolute atomic E-state index is 14.1. The molecule has 7 heteroatoms. The SMILES string of the molecule is Cc1c(C(=O)O)c2cccc(F)c2c(=O)n1Cc1c(F)cccc1F. The molecule has 0 amide bonds. The Hall–Kier alpha value is -3.09. The molecule has 4 nitrogen and oxygen atoms in total. The molecule has 0 aliphatic carbocycles. The Morgan fingerprint density at radius 2 is 1.60 bits per heavy atom. The van der Waals surface area contributed by atoms with Gasteiger partial charge in [-0.15, -0.1) is 0 Å². The lowest BCUT2D eigenvalue weighted by Crippen LogP contribution is -2.27. The molecule has 0 atom stereocenters. The van der Waals surface area contributed by atoms with Gasteiger partial charge in [-0.25, -0.2) is 18.0 Å². The number of benzene rings is 2. The minimum Gasteiger partial charge on any atom is -0.478 e. The van der Waals surface area contributed by atoms with Crippen molar-refractivity contribution in [1.29, 1.82) is 0 Å². The highest BCUT2D eigenvalue weighted by atomic mass is 19.1. The molecule has 0 spiro atoms. The van der Waals surface area contributed by atoms with Gasteiger partial charge in [0.2, 0.25) is 0 Å². The fraction of sp³-hybridized carbons (Fsp3) is 0.111. The van der Waals surface area contributed by atoms with Crippen molar-refractivity contribution < 1.29 is 23.1 Å². The van der Waals surface area contributed by atoms with Crippen LogP contribution >= 0.6 is 0 Å². The van der Waals surface area contributed by atoms with Crippen LogP contribution in [0.5, 0.6) is 0 Å². The van der Waals surface area contributed by atoms with Crippen LogP contribution in [-0.4, -0.2) is 15.6 Å². The van der Waals surface area contributed by atoms with Crippen molar-refractivity contribution in [3.05, 3.63) is 81.0 Å². The van der Waals surface area contributed by atoms with E-state index in [-0.39, 0.29) is 16.6 Å². The first kappa shape index (κ1) is 16.8. The second-order valence-corrected chi connectivity index (χ2v) is 5.52. The van der Waals surface area contributed by atoms with Crippen molar-refractivity contribution in [3.63, 3.8) is 0 Å². The summed E-state index contributed by atoms with van der Waals surface area (Å²) in [4.78, 5) is 24.3. The van der Waals surface area contributed by atoms with Gasteiger partial charge in [0.15, 0.2) is 0 Å². The molecule has 1 aromatic heterocycles. The number of hydrogen-bond acceptors (Lipinski definition) is 2. The summed E-state index contributed by atoms with van der Waals surface area (Å²) in [6.07, 6.45) is 0. The Bertz CT molecular complexity index is 1050. The fourth-order valence-electron chi connectivity index (χ4n) is 2.87. The van der Waals surface area contributed by atoms with Crippen molar-refractivity contribution in [3.8, 4) is 0 Å². The molecule has 0 saturated heterocycles. The van der Waals surface area contributed by atoms with Crippen LogP contribution in [0.2, 0.25) is 0 Å². The van der Waals surface area contributed by atoms with Gasteiger partial charge in [0, 0.05) is 16.6 Å². The second kappa shape index (κ2) is 6.08. The summed E-state index contributed by atoms with van der Waals surface area (Å²) in [6.45, 7) is 0.793. The quantitative estimate of drug-likeness (QED) is 0.789. The molecule has 1 N–H and O–H groups in total. The Labute approximate surface area is 139 Å². The van der Waals surface area contributed by atoms with Crippen molar-refractivity contribution >= 4 is 16.7 Å². The molecule has 0 radical (unpaired) electrons. The topological polar surface area (TPSA) is 59.3 Å². The molecule has 128 valence electrons. The zero-order valence-corrected chi connectivity index (χ0v) is 13.0. The van der Waals surface area contributed by atoms with Gasteiger partial charge >= 0.3 is 5.97 Å². The molecule has 1 heterocycles. The first-order valence-electron chi connectivity index (χ1n) is 7.30. The van der Waals surface area contributed by atoms with Gasteiger partial charge in [0.25, 0.3) is 5.56 Å². The van der Waals surface area contributed by atoms with Crippen molar-refractivity contribution in [2.45, 2.75) is 13.5 Å². The average Bonchev–Trinajstić information content (AvgIpc) is 2.53. The number of fused-ring (bicyclic) bond motifs is 1. The molecular weight excluding hydrogens is 335 g/mol. The van der Waals surface area contributed by atoms with Gasteiger partial charge < -0.3 is 9.67 Å². The van der Waals surface area contributed by atoms with E-state index in [0.29, 0.717) is 0 Å². The summed E-state index contributed by atoms with van der Waals surface area (Å²) in [6, 6.07) is 6.87. The highest BCUT2D eigenvalue weighted by Crippen LogP contribution is 2.23. The molecule has 0 bridgehead atoms. The van der Waals surface area contributed by atoms with Gasteiger partial charge in [0.05, 0.1) is 17.5 Å². The molecule has 0 unspecified atom stereocenters. The number of carbonyl (C=O) groups is 1. The Morgan fingerprint density at radius 1 is 1.04 bits per heavy atom. The summed E-state index contributed by atoms with van der Waals surface area (Å²) in [5.74, 6) is -4.02. The lowest BCUT2D eigenvalue weighted by molar-refractivity contribution is 0.0697. The van der Waals surface area contributed by atoms with Gasteiger partial charge in [-0.2, -0.15) is 0 Å². The van der Waals surface area contributed by atoms with Crippen LogP contribution in [-0.2, 0) is 6.54 Å². The Kier molecular flexibility index (Phi) is 4.08. The third kappa shape index (κ3) is 2.67. The molecule has 2 aromatic carbocycles. The maximum atomic E-state index is 14.1. The van der Waals surface area contributed by atoms with Crippen LogP contribution in [0.25, 0.3) is 10.8 Å². The van der Waals surface area contributed by atoms with E-state index in [1.807, 2.05) is 0 Å².